The highest BCUT2D eigenvalue weighted by molar-refractivity contribution is 6.09. The molecule has 1 heterocycles. The molecule has 0 aliphatic carbocycles. The largest absolute Gasteiger partial charge is 0.341 e. The first-order chi connectivity index (χ1) is 17.6. The summed E-state index contributed by atoms with van der Waals surface area (Å²) >= 11 is 0. The van der Waals surface area contributed by atoms with E-state index in [-0.39, 0.29) is 0 Å². The van der Waals surface area contributed by atoms with Gasteiger partial charge in [-0.25, -0.2) is 5.01 Å². The first-order valence-corrected chi connectivity index (χ1v) is 13.2. The lowest BCUT2D eigenvalue weighted by Gasteiger charge is -2.20. The molecule has 4 aromatic carbocycles. The predicted molar refractivity (Wildman–Crippen MR) is 156 cm³/mol. The van der Waals surface area contributed by atoms with E-state index in [0.717, 1.165) is 42.7 Å². The molecular weight excluding hydrogens is 438 g/mol. The van der Waals surface area contributed by atoms with Gasteiger partial charge in [-0.3, -0.25) is 0 Å². The van der Waals surface area contributed by atoms with E-state index in [1.807, 2.05) is 11.2 Å². The second-order valence-corrected chi connectivity index (χ2v) is 9.33. The lowest BCUT2D eigenvalue weighted by atomic mass is 10.1. The van der Waals surface area contributed by atoms with E-state index in [1.165, 1.54) is 38.5 Å². The van der Waals surface area contributed by atoms with Crippen LogP contribution in [0.3, 0.4) is 0 Å². The van der Waals surface area contributed by atoms with Crippen molar-refractivity contribution in [2.24, 2.45) is 5.10 Å². The molecule has 0 aliphatic heterocycles. The summed E-state index contributed by atoms with van der Waals surface area (Å²) in [5, 5.41) is 9.65. The SMILES string of the molecule is CCc1ccc(N(N=Cc2ccc3c(c2)c2ccc(CC)cc2n3CC)c2cccc(CC)c2)cc1. The van der Waals surface area contributed by atoms with Crippen molar-refractivity contribution >= 4 is 39.4 Å². The maximum Gasteiger partial charge on any atom is 0.0655 e. The molecule has 0 saturated carbocycles. The number of hydrogen-bond donors (Lipinski definition) is 0. The van der Waals surface area contributed by atoms with Crippen LogP contribution in [0.4, 0.5) is 11.4 Å². The second kappa shape index (κ2) is 10.4. The van der Waals surface area contributed by atoms with Gasteiger partial charge in [-0.1, -0.05) is 63.2 Å². The highest BCUT2D eigenvalue weighted by atomic mass is 15.5. The average molecular weight is 474 g/mol. The van der Waals surface area contributed by atoms with Gasteiger partial charge in [0.25, 0.3) is 0 Å². The van der Waals surface area contributed by atoms with Gasteiger partial charge in [0, 0.05) is 28.4 Å². The molecule has 0 atom stereocenters. The van der Waals surface area contributed by atoms with Crippen molar-refractivity contribution in [2.75, 3.05) is 5.01 Å². The number of hydrazone groups is 1. The summed E-state index contributed by atoms with van der Waals surface area (Å²) in [6.07, 6.45) is 5.06. The Morgan fingerprint density at radius 2 is 1.36 bits per heavy atom. The first-order valence-electron chi connectivity index (χ1n) is 13.2. The minimum atomic E-state index is 0.954. The normalized spacial score (nSPS) is 11.7. The molecule has 0 radical (unpaired) electrons. The van der Waals surface area contributed by atoms with Gasteiger partial charge in [-0.05, 0) is 90.9 Å². The maximum atomic E-state index is 5.01. The Morgan fingerprint density at radius 3 is 2.08 bits per heavy atom. The Hall–Kier alpha value is -3.85. The molecule has 5 rings (SSSR count). The number of anilines is 2. The van der Waals surface area contributed by atoms with Gasteiger partial charge in [-0.2, -0.15) is 5.10 Å². The van der Waals surface area contributed by atoms with Crippen molar-refractivity contribution < 1.29 is 0 Å². The van der Waals surface area contributed by atoms with E-state index in [2.05, 4.69) is 117 Å². The molecule has 1 aromatic heterocycles. The van der Waals surface area contributed by atoms with Crippen LogP contribution in [0.5, 0.6) is 0 Å². The van der Waals surface area contributed by atoms with Gasteiger partial charge in [0.2, 0.25) is 0 Å². The van der Waals surface area contributed by atoms with Crippen LogP contribution in [0.2, 0.25) is 0 Å². The van der Waals surface area contributed by atoms with E-state index in [0.29, 0.717) is 0 Å². The third-order valence-corrected chi connectivity index (χ3v) is 7.15. The fourth-order valence-corrected chi connectivity index (χ4v) is 4.99. The Kier molecular flexibility index (Phi) is 6.90. The summed E-state index contributed by atoms with van der Waals surface area (Å²) in [6.45, 7) is 9.76. The van der Waals surface area contributed by atoms with Gasteiger partial charge in [0.05, 0.1) is 17.6 Å². The molecule has 0 saturated heterocycles. The average Bonchev–Trinajstić information content (AvgIpc) is 3.25. The van der Waals surface area contributed by atoms with Crippen molar-refractivity contribution in [3.8, 4) is 0 Å². The Morgan fingerprint density at radius 1 is 0.639 bits per heavy atom. The van der Waals surface area contributed by atoms with Crippen LogP contribution in [-0.2, 0) is 25.8 Å². The summed E-state index contributed by atoms with van der Waals surface area (Å²) in [7, 11) is 0. The zero-order valence-electron chi connectivity index (χ0n) is 21.8. The van der Waals surface area contributed by atoms with Crippen molar-refractivity contribution in [3.63, 3.8) is 0 Å². The number of fused-ring (bicyclic) bond motifs is 3. The van der Waals surface area contributed by atoms with Gasteiger partial charge < -0.3 is 4.57 Å². The van der Waals surface area contributed by atoms with Crippen LogP contribution >= 0.6 is 0 Å². The van der Waals surface area contributed by atoms with Gasteiger partial charge in [-0.15, -0.1) is 0 Å². The maximum absolute atomic E-state index is 5.01. The number of aromatic nitrogens is 1. The van der Waals surface area contributed by atoms with Gasteiger partial charge in [0.15, 0.2) is 0 Å². The van der Waals surface area contributed by atoms with E-state index in [1.54, 1.807) is 0 Å². The highest BCUT2D eigenvalue weighted by Crippen LogP contribution is 2.31. The summed E-state index contributed by atoms with van der Waals surface area (Å²) in [5.41, 5.74) is 9.83. The number of rotatable bonds is 8. The van der Waals surface area contributed by atoms with Crippen LogP contribution in [-0.4, -0.2) is 10.8 Å². The third-order valence-electron chi connectivity index (χ3n) is 7.15. The summed E-state index contributed by atoms with van der Waals surface area (Å²) in [5.74, 6) is 0. The summed E-state index contributed by atoms with van der Waals surface area (Å²) in [6, 6.07) is 30.9. The van der Waals surface area contributed by atoms with Crippen LogP contribution in [0.1, 0.15) is 49.9 Å². The van der Waals surface area contributed by atoms with Crippen molar-refractivity contribution in [1.29, 1.82) is 0 Å². The highest BCUT2D eigenvalue weighted by Gasteiger charge is 2.12. The molecule has 0 spiro atoms. The lowest BCUT2D eigenvalue weighted by Crippen LogP contribution is -2.10. The van der Waals surface area contributed by atoms with E-state index in [4.69, 9.17) is 5.10 Å². The standard InChI is InChI=1S/C33H35N3/c1-5-24-12-16-28(17-13-24)36(29-11-9-10-25(6-2)20-29)34-23-27-15-19-32-31(21-27)30-18-14-26(7-3)22-33(30)35(32)8-4/h9-23H,5-8H2,1-4H3. The predicted octanol–water partition coefficient (Wildman–Crippen LogP) is 8.67. The number of nitrogens with zero attached hydrogens (tertiary/aromatic N) is 3. The molecule has 3 heteroatoms. The van der Waals surface area contributed by atoms with Crippen LogP contribution in [0.25, 0.3) is 21.8 Å². The minimum Gasteiger partial charge on any atom is -0.341 e. The molecule has 0 bridgehead atoms. The first kappa shape index (κ1) is 23.9. The number of aryl methyl sites for hydroxylation is 4. The van der Waals surface area contributed by atoms with E-state index >= 15 is 0 Å². The molecule has 5 aromatic rings. The van der Waals surface area contributed by atoms with Gasteiger partial charge >= 0.3 is 0 Å². The van der Waals surface area contributed by atoms with Crippen molar-refractivity contribution in [1.82, 2.24) is 4.57 Å². The molecule has 36 heavy (non-hydrogen) atoms. The molecule has 0 amide bonds. The van der Waals surface area contributed by atoms with Crippen molar-refractivity contribution in [3.05, 3.63) is 107 Å². The molecule has 182 valence electrons. The zero-order chi connectivity index (χ0) is 25.1. The monoisotopic (exact) mass is 473 g/mol. The number of hydrogen-bond acceptors (Lipinski definition) is 2. The smallest absolute Gasteiger partial charge is 0.0655 e. The Bertz CT molecular complexity index is 1520. The van der Waals surface area contributed by atoms with Gasteiger partial charge in [0.1, 0.15) is 0 Å². The number of benzene rings is 4. The zero-order valence-corrected chi connectivity index (χ0v) is 21.8. The summed E-state index contributed by atoms with van der Waals surface area (Å²) < 4.78 is 2.42. The molecule has 0 aliphatic rings. The van der Waals surface area contributed by atoms with Crippen LogP contribution in [0.15, 0.2) is 90.0 Å². The summed E-state index contributed by atoms with van der Waals surface area (Å²) in [4.78, 5) is 0. The molecular formula is C33H35N3. The molecule has 3 nitrogen and oxygen atoms in total. The molecule has 0 N–H and O–H groups in total. The Balaban J connectivity index is 1.58. The fourth-order valence-electron chi connectivity index (χ4n) is 4.99. The van der Waals surface area contributed by atoms with Crippen LogP contribution < -0.4 is 5.01 Å². The van der Waals surface area contributed by atoms with Crippen molar-refractivity contribution in [2.45, 2.75) is 53.5 Å². The fraction of sp³-hybridized carbons (Fsp3) is 0.242. The minimum absolute atomic E-state index is 0.954. The molecule has 0 unspecified atom stereocenters. The topological polar surface area (TPSA) is 20.5 Å². The van der Waals surface area contributed by atoms with E-state index < -0.39 is 0 Å². The van der Waals surface area contributed by atoms with E-state index in [9.17, 15) is 0 Å². The quantitative estimate of drug-likeness (QED) is 0.163. The Labute approximate surface area is 214 Å². The lowest BCUT2D eigenvalue weighted by molar-refractivity contribution is 0.826. The van der Waals surface area contributed by atoms with Crippen LogP contribution in [0, 0.1) is 0 Å². The molecule has 0 fully saturated rings. The second-order valence-electron chi connectivity index (χ2n) is 9.33. The third kappa shape index (κ3) is 4.54.